The molecule has 0 spiro atoms. The van der Waals surface area contributed by atoms with Crippen molar-refractivity contribution < 1.29 is 14.3 Å². The van der Waals surface area contributed by atoms with Crippen molar-refractivity contribution in [3.05, 3.63) is 77.0 Å². The lowest BCUT2D eigenvalue weighted by atomic mass is 10.1. The van der Waals surface area contributed by atoms with Gasteiger partial charge < -0.3 is 10.1 Å². The molecule has 1 amide bonds. The Morgan fingerprint density at radius 1 is 1.00 bits per heavy atom. The van der Waals surface area contributed by atoms with Gasteiger partial charge in [0.1, 0.15) is 5.82 Å². The van der Waals surface area contributed by atoms with Gasteiger partial charge in [-0.2, -0.15) is 5.10 Å². The van der Waals surface area contributed by atoms with E-state index in [0.717, 1.165) is 36.2 Å². The van der Waals surface area contributed by atoms with Crippen molar-refractivity contribution in [2.24, 2.45) is 0 Å². The normalized spacial score (nSPS) is 12.5. The number of nitrogens with zero attached hydrogens (tertiary/aromatic N) is 2. The van der Waals surface area contributed by atoms with Gasteiger partial charge >= 0.3 is 5.97 Å². The topological polar surface area (TPSA) is 73.2 Å². The highest BCUT2D eigenvalue weighted by molar-refractivity contribution is 6.11. The number of aryl methyl sites for hydroxylation is 1. The van der Waals surface area contributed by atoms with Crippen LogP contribution in [0, 0.1) is 0 Å². The molecule has 0 unspecified atom stereocenters. The largest absolute Gasteiger partial charge is 0.465 e. The molecular weight excluding hydrogens is 342 g/mol. The number of hydrogen-bond donors (Lipinski definition) is 1. The van der Waals surface area contributed by atoms with Crippen LogP contribution in [0.3, 0.4) is 0 Å². The van der Waals surface area contributed by atoms with Gasteiger partial charge in [0.15, 0.2) is 0 Å². The Morgan fingerprint density at radius 2 is 1.70 bits per heavy atom. The lowest BCUT2D eigenvalue weighted by Gasteiger charge is -2.12. The van der Waals surface area contributed by atoms with Crippen molar-refractivity contribution in [2.45, 2.75) is 19.3 Å². The highest BCUT2D eigenvalue weighted by atomic mass is 16.5. The summed E-state index contributed by atoms with van der Waals surface area (Å²) in [7, 11) is 1.30. The zero-order chi connectivity index (χ0) is 18.8. The second-order valence-electron chi connectivity index (χ2n) is 6.37. The smallest absolute Gasteiger partial charge is 0.338 e. The van der Waals surface area contributed by atoms with Crippen molar-refractivity contribution >= 4 is 17.7 Å². The molecule has 0 fully saturated rings. The molecule has 136 valence electrons. The van der Waals surface area contributed by atoms with Crippen LogP contribution in [0.25, 0.3) is 5.69 Å². The minimum Gasteiger partial charge on any atom is -0.465 e. The third kappa shape index (κ3) is 3.10. The van der Waals surface area contributed by atoms with Crippen molar-refractivity contribution in [3.63, 3.8) is 0 Å². The van der Waals surface area contributed by atoms with Crippen LogP contribution in [-0.4, -0.2) is 28.8 Å². The van der Waals surface area contributed by atoms with Crippen LogP contribution < -0.4 is 5.32 Å². The van der Waals surface area contributed by atoms with E-state index in [2.05, 4.69) is 5.32 Å². The van der Waals surface area contributed by atoms with Crippen molar-refractivity contribution in [1.29, 1.82) is 0 Å². The van der Waals surface area contributed by atoms with E-state index >= 15 is 0 Å². The summed E-state index contributed by atoms with van der Waals surface area (Å²) in [5.41, 5.74) is 3.46. The van der Waals surface area contributed by atoms with Crippen LogP contribution in [0.15, 0.2) is 54.6 Å². The van der Waals surface area contributed by atoms with E-state index in [1.807, 2.05) is 30.3 Å². The van der Waals surface area contributed by atoms with Crippen LogP contribution in [-0.2, 0) is 17.6 Å². The van der Waals surface area contributed by atoms with E-state index in [1.165, 1.54) is 7.11 Å². The second kappa shape index (κ2) is 7.07. The average Bonchev–Trinajstić information content (AvgIpc) is 3.30. The van der Waals surface area contributed by atoms with Gasteiger partial charge in [-0.15, -0.1) is 0 Å². The van der Waals surface area contributed by atoms with Gasteiger partial charge in [0.25, 0.3) is 5.91 Å². The highest BCUT2D eigenvalue weighted by Gasteiger charge is 2.26. The van der Waals surface area contributed by atoms with Gasteiger partial charge in [0.2, 0.25) is 0 Å². The Bertz CT molecular complexity index is 1010. The summed E-state index contributed by atoms with van der Waals surface area (Å²) in [5, 5.41) is 7.67. The number of benzene rings is 2. The molecule has 27 heavy (non-hydrogen) atoms. The molecule has 6 nitrogen and oxygen atoms in total. The molecule has 3 aromatic rings. The number of carbonyl (C=O) groups is 2. The quantitative estimate of drug-likeness (QED) is 0.723. The molecule has 0 atom stereocenters. The summed E-state index contributed by atoms with van der Waals surface area (Å²) in [6.07, 6.45) is 2.79. The number of amides is 1. The zero-order valence-electron chi connectivity index (χ0n) is 14.9. The molecule has 0 radical (unpaired) electrons. The lowest BCUT2D eigenvalue weighted by Crippen LogP contribution is -2.19. The van der Waals surface area contributed by atoms with E-state index < -0.39 is 5.97 Å². The fourth-order valence-corrected chi connectivity index (χ4v) is 3.42. The number of nitrogens with one attached hydrogen (secondary N) is 1. The molecule has 1 heterocycles. The van der Waals surface area contributed by atoms with Crippen molar-refractivity contribution in [1.82, 2.24) is 9.78 Å². The first-order chi connectivity index (χ1) is 13.2. The number of aromatic nitrogens is 2. The van der Waals surface area contributed by atoms with Crippen LogP contribution in [0.1, 0.15) is 38.4 Å². The number of anilines is 1. The Hall–Kier alpha value is -3.41. The van der Waals surface area contributed by atoms with E-state index in [-0.39, 0.29) is 17.0 Å². The number of para-hydroxylation sites is 1. The predicted molar refractivity (Wildman–Crippen MR) is 101 cm³/mol. The number of methoxy groups -OCH3 is 1. The summed E-state index contributed by atoms with van der Waals surface area (Å²) >= 11 is 0. The van der Waals surface area contributed by atoms with Crippen LogP contribution in [0.4, 0.5) is 5.82 Å². The number of hydrogen-bond acceptors (Lipinski definition) is 4. The third-order valence-corrected chi connectivity index (χ3v) is 4.72. The fourth-order valence-electron chi connectivity index (χ4n) is 3.42. The molecule has 0 aliphatic heterocycles. The van der Waals surface area contributed by atoms with E-state index in [9.17, 15) is 9.59 Å². The number of ether oxygens (including phenoxy) is 1. The minimum atomic E-state index is -0.539. The molecule has 0 saturated heterocycles. The minimum absolute atomic E-state index is 0.236. The first-order valence-corrected chi connectivity index (χ1v) is 8.84. The molecule has 6 heteroatoms. The van der Waals surface area contributed by atoms with Gasteiger partial charge in [-0.1, -0.05) is 30.3 Å². The van der Waals surface area contributed by atoms with E-state index in [4.69, 9.17) is 9.84 Å². The van der Waals surface area contributed by atoms with Gasteiger partial charge in [-0.3, -0.25) is 4.79 Å². The standard InChI is InChI=1S/C21H19N3O3/c1-27-21(26)16-11-6-5-10-15(16)20(25)22-19-17-12-7-13-18(17)23-24(19)14-8-3-2-4-9-14/h2-6,8-11H,7,12-13H2,1H3,(H,22,25). The molecule has 1 N–H and O–H groups in total. The molecule has 4 rings (SSSR count). The maximum Gasteiger partial charge on any atom is 0.338 e. The van der Waals surface area contributed by atoms with Gasteiger partial charge in [0, 0.05) is 5.56 Å². The first kappa shape index (κ1) is 17.0. The molecule has 0 saturated carbocycles. The molecule has 1 aliphatic carbocycles. The summed E-state index contributed by atoms with van der Waals surface area (Å²) < 4.78 is 6.56. The Morgan fingerprint density at radius 3 is 2.44 bits per heavy atom. The van der Waals surface area contributed by atoms with Crippen molar-refractivity contribution in [3.8, 4) is 5.69 Å². The molecular formula is C21H19N3O3. The maximum atomic E-state index is 13.0. The summed E-state index contributed by atoms with van der Waals surface area (Å²) in [4.78, 5) is 25.0. The van der Waals surface area contributed by atoms with Crippen LogP contribution >= 0.6 is 0 Å². The SMILES string of the molecule is COC(=O)c1ccccc1C(=O)Nc1c2c(nn1-c1ccccc1)CCC2. The Labute approximate surface area is 156 Å². The molecule has 1 aromatic heterocycles. The fraction of sp³-hybridized carbons (Fsp3) is 0.190. The average molecular weight is 361 g/mol. The van der Waals surface area contributed by atoms with E-state index in [1.54, 1.807) is 28.9 Å². The Kier molecular flexibility index (Phi) is 4.46. The zero-order valence-corrected chi connectivity index (χ0v) is 14.9. The predicted octanol–water partition coefficient (Wildman–Crippen LogP) is 3.40. The lowest BCUT2D eigenvalue weighted by molar-refractivity contribution is 0.0597. The van der Waals surface area contributed by atoms with Gasteiger partial charge in [-0.25, -0.2) is 9.48 Å². The van der Waals surface area contributed by atoms with Crippen LogP contribution in [0.2, 0.25) is 0 Å². The number of rotatable bonds is 4. The van der Waals surface area contributed by atoms with Gasteiger partial charge in [-0.05, 0) is 43.5 Å². The van der Waals surface area contributed by atoms with E-state index in [0.29, 0.717) is 5.82 Å². The number of carbonyl (C=O) groups excluding carboxylic acids is 2. The van der Waals surface area contributed by atoms with Gasteiger partial charge in [0.05, 0.1) is 29.6 Å². The second-order valence-corrected chi connectivity index (χ2v) is 6.37. The van der Waals surface area contributed by atoms with Crippen LogP contribution in [0.5, 0.6) is 0 Å². The number of fused-ring (bicyclic) bond motifs is 1. The monoisotopic (exact) mass is 361 g/mol. The number of esters is 1. The molecule has 1 aliphatic rings. The maximum absolute atomic E-state index is 13.0. The molecule has 2 aromatic carbocycles. The first-order valence-electron chi connectivity index (χ1n) is 8.84. The summed E-state index contributed by atoms with van der Waals surface area (Å²) in [6, 6.07) is 16.3. The summed E-state index contributed by atoms with van der Waals surface area (Å²) in [6.45, 7) is 0. The summed E-state index contributed by atoms with van der Waals surface area (Å²) in [5.74, 6) is -0.233. The van der Waals surface area contributed by atoms with Crippen molar-refractivity contribution in [2.75, 3.05) is 12.4 Å². The third-order valence-electron chi connectivity index (χ3n) is 4.72. The molecule has 0 bridgehead atoms. The Balaban J connectivity index is 1.74. The highest BCUT2D eigenvalue weighted by Crippen LogP contribution is 2.31.